The third kappa shape index (κ3) is 3.09. The Morgan fingerprint density at radius 2 is 1.69 bits per heavy atom. The molecule has 0 fully saturated rings. The number of nitrogens with zero attached hydrogens (tertiary/aromatic N) is 2. The standard InChI is InChI=1S/C22H19N3O/c1-25-20-10-6-5-9-18(20)19-13-17(11-12-21(19)25)15-23-24-22(26)14-16-7-3-2-4-8-16/h2-13,15H,14H2,1H3,(H,24,26)/b23-15+. The molecular weight excluding hydrogens is 322 g/mol. The van der Waals surface area contributed by atoms with E-state index in [1.807, 2.05) is 48.5 Å². The highest BCUT2D eigenvalue weighted by Crippen LogP contribution is 2.28. The first-order chi connectivity index (χ1) is 12.7. The molecule has 0 saturated carbocycles. The van der Waals surface area contributed by atoms with Crippen molar-refractivity contribution in [1.29, 1.82) is 0 Å². The molecule has 0 aliphatic rings. The zero-order valence-corrected chi connectivity index (χ0v) is 14.5. The largest absolute Gasteiger partial charge is 0.344 e. The SMILES string of the molecule is Cn1c2ccccc2c2cc(/C=N/NC(=O)Cc3ccccc3)ccc21. The van der Waals surface area contributed by atoms with Gasteiger partial charge in [-0.2, -0.15) is 5.10 Å². The summed E-state index contributed by atoms with van der Waals surface area (Å²) in [4.78, 5) is 12.0. The van der Waals surface area contributed by atoms with Gasteiger partial charge in [0.2, 0.25) is 5.91 Å². The van der Waals surface area contributed by atoms with Gasteiger partial charge in [-0.1, -0.05) is 54.6 Å². The lowest BCUT2D eigenvalue weighted by Crippen LogP contribution is -2.19. The van der Waals surface area contributed by atoms with Crippen molar-refractivity contribution in [1.82, 2.24) is 9.99 Å². The predicted octanol–water partition coefficient (Wildman–Crippen LogP) is 4.02. The molecule has 0 atom stereocenters. The molecule has 1 heterocycles. The fourth-order valence-corrected chi connectivity index (χ4v) is 3.27. The smallest absolute Gasteiger partial charge is 0.244 e. The molecule has 3 aromatic carbocycles. The van der Waals surface area contributed by atoms with Crippen LogP contribution in [-0.4, -0.2) is 16.7 Å². The number of hydrogen-bond donors (Lipinski definition) is 1. The van der Waals surface area contributed by atoms with Crippen molar-refractivity contribution in [3.63, 3.8) is 0 Å². The van der Waals surface area contributed by atoms with Gasteiger partial charge >= 0.3 is 0 Å². The molecule has 1 amide bonds. The van der Waals surface area contributed by atoms with Crippen LogP contribution in [0.1, 0.15) is 11.1 Å². The van der Waals surface area contributed by atoms with E-state index in [4.69, 9.17) is 0 Å². The van der Waals surface area contributed by atoms with Crippen LogP contribution in [0.15, 0.2) is 77.9 Å². The molecule has 26 heavy (non-hydrogen) atoms. The summed E-state index contributed by atoms with van der Waals surface area (Å²) in [7, 11) is 2.07. The number of benzene rings is 3. The molecule has 4 aromatic rings. The Labute approximate surface area is 151 Å². The number of para-hydroxylation sites is 1. The first-order valence-electron chi connectivity index (χ1n) is 8.55. The first kappa shape index (κ1) is 16.1. The number of nitrogens with one attached hydrogen (secondary N) is 1. The van der Waals surface area contributed by atoms with Crippen LogP contribution in [0.4, 0.5) is 0 Å². The van der Waals surface area contributed by atoms with Gasteiger partial charge in [0.25, 0.3) is 0 Å². The van der Waals surface area contributed by atoms with E-state index in [0.29, 0.717) is 6.42 Å². The number of carbonyl (C=O) groups is 1. The van der Waals surface area contributed by atoms with E-state index in [-0.39, 0.29) is 5.91 Å². The van der Waals surface area contributed by atoms with Crippen molar-refractivity contribution in [3.05, 3.63) is 83.9 Å². The molecule has 0 unspecified atom stereocenters. The van der Waals surface area contributed by atoms with Gasteiger partial charge in [-0.25, -0.2) is 5.43 Å². The van der Waals surface area contributed by atoms with Crippen molar-refractivity contribution in [3.8, 4) is 0 Å². The van der Waals surface area contributed by atoms with Gasteiger partial charge in [0.05, 0.1) is 12.6 Å². The first-order valence-corrected chi connectivity index (χ1v) is 8.55. The fourth-order valence-electron chi connectivity index (χ4n) is 3.27. The molecule has 0 aliphatic heterocycles. The predicted molar refractivity (Wildman–Crippen MR) is 106 cm³/mol. The van der Waals surface area contributed by atoms with Gasteiger partial charge < -0.3 is 4.57 Å². The maximum Gasteiger partial charge on any atom is 0.244 e. The minimum atomic E-state index is -0.126. The summed E-state index contributed by atoms with van der Waals surface area (Å²) in [6.07, 6.45) is 2.00. The average molecular weight is 341 g/mol. The summed E-state index contributed by atoms with van der Waals surface area (Å²) in [5.74, 6) is -0.126. The lowest BCUT2D eigenvalue weighted by atomic mass is 10.1. The summed E-state index contributed by atoms with van der Waals surface area (Å²) in [5, 5.41) is 6.50. The molecule has 0 bridgehead atoms. The van der Waals surface area contributed by atoms with Crippen LogP contribution in [0, 0.1) is 0 Å². The Morgan fingerprint density at radius 3 is 2.54 bits per heavy atom. The summed E-state index contributed by atoms with van der Waals surface area (Å²) in [6.45, 7) is 0. The van der Waals surface area contributed by atoms with Crippen LogP contribution in [0.5, 0.6) is 0 Å². The van der Waals surface area contributed by atoms with Gasteiger partial charge in [-0.05, 0) is 29.3 Å². The van der Waals surface area contributed by atoms with E-state index >= 15 is 0 Å². The van der Waals surface area contributed by atoms with Crippen LogP contribution in [0.2, 0.25) is 0 Å². The van der Waals surface area contributed by atoms with Gasteiger partial charge in [-0.15, -0.1) is 0 Å². The van der Waals surface area contributed by atoms with Crippen LogP contribution < -0.4 is 5.43 Å². The number of hydrazone groups is 1. The van der Waals surface area contributed by atoms with Crippen molar-refractivity contribution in [2.75, 3.05) is 0 Å². The molecule has 4 nitrogen and oxygen atoms in total. The Hall–Kier alpha value is -3.40. The number of aromatic nitrogens is 1. The lowest BCUT2D eigenvalue weighted by Gasteiger charge is -2.00. The van der Waals surface area contributed by atoms with Gasteiger partial charge in [0.1, 0.15) is 0 Å². The second-order valence-corrected chi connectivity index (χ2v) is 6.31. The van der Waals surface area contributed by atoms with Crippen LogP contribution in [0.25, 0.3) is 21.8 Å². The monoisotopic (exact) mass is 341 g/mol. The summed E-state index contributed by atoms with van der Waals surface area (Å²) in [6, 6.07) is 24.2. The minimum Gasteiger partial charge on any atom is -0.344 e. The Kier molecular flexibility index (Phi) is 4.23. The van der Waals surface area contributed by atoms with Crippen molar-refractivity contribution in [2.45, 2.75) is 6.42 Å². The van der Waals surface area contributed by atoms with Crippen molar-refractivity contribution >= 4 is 33.9 Å². The molecule has 0 radical (unpaired) electrons. The normalized spacial score (nSPS) is 11.4. The molecular formula is C22H19N3O. The molecule has 0 spiro atoms. The topological polar surface area (TPSA) is 46.4 Å². The quantitative estimate of drug-likeness (QED) is 0.442. The molecule has 4 rings (SSSR count). The zero-order chi connectivity index (χ0) is 17.9. The highest BCUT2D eigenvalue weighted by Gasteiger charge is 2.07. The van der Waals surface area contributed by atoms with E-state index in [1.165, 1.54) is 21.8 Å². The van der Waals surface area contributed by atoms with Gasteiger partial charge in [0, 0.05) is 28.9 Å². The molecule has 4 heteroatoms. The molecule has 1 N–H and O–H groups in total. The molecule has 0 saturated heterocycles. The van der Waals surface area contributed by atoms with Crippen molar-refractivity contribution in [2.24, 2.45) is 12.1 Å². The third-order valence-corrected chi connectivity index (χ3v) is 4.55. The Balaban J connectivity index is 1.53. The second-order valence-electron chi connectivity index (χ2n) is 6.31. The van der Waals surface area contributed by atoms with E-state index in [2.05, 4.69) is 46.4 Å². The third-order valence-electron chi connectivity index (χ3n) is 4.55. The van der Waals surface area contributed by atoms with E-state index in [1.54, 1.807) is 6.21 Å². The fraction of sp³-hybridized carbons (Fsp3) is 0.0909. The summed E-state index contributed by atoms with van der Waals surface area (Å²) in [5.41, 5.74) is 6.90. The highest BCUT2D eigenvalue weighted by molar-refractivity contribution is 6.09. The maximum atomic E-state index is 12.0. The van der Waals surface area contributed by atoms with Gasteiger partial charge in [0.15, 0.2) is 0 Å². The Morgan fingerprint density at radius 1 is 0.962 bits per heavy atom. The van der Waals surface area contributed by atoms with Crippen LogP contribution >= 0.6 is 0 Å². The Bertz CT molecular complexity index is 1110. The number of carbonyl (C=O) groups excluding carboxylic acids is 1. The molecule has 128 valence electrons. The summed E-state index contributed by atoms with van der Waals surface area (Å²) >= 11 is 0. The van der Waals surface area contributed by atoms with Crippen LogP contribution in [-0.2, 0) is 18.3 Å². The van der Waals surface area contributed by atoms with E-state index in [0.717, 1.165) is 11.1 Å². The van der Waals surface area contributed by atoms with E-state index in [9.17, 15) is 4.79 Å². The number of amides is 1. The second kappa shape index (κ2) is 6.84. The van der Waals surface area contributed by atoms with Gasteiger partial charge in [-0.3, -0.25) is 4.79 Å². The highest BCUT2D eigenvalue weighted by atomic mass is 16.2. The maximum absolute atomic E-state index is 12.0. The number of fused-ring (bicyclic) bond motifs is 3. The number of rotatable bonds is 4. The van der Waals surface area contributed by atoms with Crippen molar-refractivity contribution < 1.29 is 4.79 Å². The van der Waals surface area contributed by atoms with E-state index < -0.39 is 0 Å². The zero-order valence-electron chi connectivity index (χ0n) is 14.5. The minimum absolute atomic E-state index is 0.126. The molecule has 1 aromatic heterocycles. The molecule has 0 aliphatic carbocycles. The lowest BCUT2D eigenvalue weighted by molar-refractivity contribution is -0.120. The number of hydrogen-bond acceptors (Lipinski definition) is 2. The van der Waals surface area contributed by atoms with Crippen LogP contribution in [0.3, 0.4) is 0 Å². The number of aryl methyl sites for hydroxylation is 1. The average Bonchev–Trinajstić information content (AvgIpc) is 2.95. The summed E-state index contributed by atoms with van der Waals surface area (Å²) < 4.78 is 2.19.